The van der Waals surface area contributed by atoms with Gasteiger partial charge < -0.3 is 14.5 Å². The summed E-state index contributed by atoms with van der Waals surface area (Å²) in [5.41, 5.74) is 3.22. The van der Waals surface area contributed by atoms with Crippen molar-refractivity contribution in [3.63, 3.8) is 0 Å². The van der Waals surface area contributed by atoms with Crippen molar-refractivity contribution in [3.8, 4) is 22.9 Å². The van der Waals surface area contributed by atoms with Gasteiger partial charge in [-0.1, -0.05) is 0 Å². The van der Waals surface area contributed by atoms with Crippen molar-refractivity contribution in [1.29, 1.82) is 5.26 Å². The first-order valence-corrected chi connectivity index (χ1v) is 11.5. The lowest BCUT2D eigenvalue weighted by molar-refractivity contribution is -0.132. The normalized spacial score (nSPS) is 19.8. The van der Waals surface area contributed by atoms with E-state index in [2.05, 4.69) is 22.1 Å². The number of amides is 1. The van der Waals surface area contributed by atoms with Gasteiger partial charge in [0.15, 0.2) is 0 Å². The Balaban J connectivity index is 0.00000274. The number of fused-ring (bicyclic) bond motifs is 1. The second-order valence-corrected chi connectivity index (χ2v) is 9.11. The van der Waals surface area contributed by atoms with Crippen molar-refractivity contribution >= 4 is 30.7 Å². The van der Waals surface area contributed by atoms with Crippen molar-refractivity contribution in [2.75, 3.05) is 37.7 Å². The zero-order chi connectivity index (χ0) is 23.0. The van der Waals surface area contributed by atoms with E-state index in [-0.39, 0.29) is 24.8 Å². The smallest absolute Gasteiger partial charge is 0.219 e. The van der Waals surface area contributed by atoms with Gasteiger partial charge in [0, 0.05) is 55.8 Å². The lowest BCUT2D eigenvalue weighted by Crippen LogP contribution is -2.46. The quantitative estimate of drug-likeness (QED) is 0.569. The molecule has 34 heavy (non-hydrogen) atoms. The molecule has 0 bridgehead atoms. The van der Waals surface area contributed by atoms with Crippen molar-refractivity contribution in [1.82, 2.24) is 19.5 Å². The van der Waals surface area contributed by atoms with Gasteiger partial charge in [-0.05, 0) is 44.4 Å². The van der Waals surface area contributed by atoms with Crippen LogP contribution in [0.2, 0.25) is 0 Å². The number of piperidine rings is 1. The number of anilines is 1. The Hall–Kier alpha value is -3.25. The van der Waals surface area contributed by atoms with Gasteiger partial charge in [-0.15, -0.1) is 0 Å². The fourth-order valence-electron chi connectivity index (χ4n) is 5.32. The van der Waals surface area contributed by atoms with Gasteiger partial charge in [0.25, 0.3) is 0 Å². The minimum atomic E-state index is 0. The van der Waals surface area contributed by atoms with Crippen molar-refractivity contribution in [2.45, 2.75) is 33.1 Å². The number of aromatic nitrogens is 3. The van der Waals surface area contributed by atoms with E-state index in [0.717, 1.165) is 67.9 Å². The maximum Gasteiger partial charge on any atom is 0.219 e. The summed E-state index contributed by atoms with van der Waals surface area (Å²) < 4.78 is 7.41. The predicted molar refractivity (Wildman–Crippen MR) is 135 cm³/mol. The van der Waals surface area contributed by atoms with Gasteiger partial charge in [-0.2, -0.15) is 23.9 Å². The summed E-state index contributed by atoms with van der Waals surface area (Å²) in [6.07, 6.45) is 8.54. The Bertz CT molecular complexity index is 1230. The van der Waals surface area contributed by atoms with Crippen LogP contribution in [-0.4, -0.2) is 58.2 Å². The summed E-state index contributed by atoms with van der Waals surface area (Å²) in [6.45, 7) is 7.75. The van der Waals surface area contributed by atoms with Crippen LogP contribution in [0.5, 0.6) is 5.75 Å². The summed E-state index contributed by atoms with van der Waals surface area (Å²) in [5.74, 6) is 1.82. The molecule has 3 aromatic heterocycles. The third-order valence-corrected chi connectivity index (χ3v) is 6.95. The molecule has 0 unspecified atom stereocenters. The van der Waals surface area contributed by atoms with Gasteiger partial charge in [-0.3, -0.25) is 4.79 Å². The van der Waals surface area contributed by atoms with Crippen LogP contribution in [0, 0.1) is 16.7 Å². The molecule has 5 rings (SSSR count). The fraction of sp³-hybridized carbons (Fsp3) is 0.440. The second kappa shape index (κ2) is 9.55. The number of rotatable bonds is 4. The molecule has 3 aromatic rings. The first-order chi connectivity index (χ1) is 16.0. The molecule has 0 radical (unpaired) electrons. The van der Waals surface area contributed by atoms with Crippen LogP contribution in [-0.2, 0) is 4.79 Å². The predicted octanol–water partition coefficient (Wildman–Crippen LogP) is 3.62. The minimum Gasteiger partial charge on any atom is -0.492 e. The Morgan fingerprint density at radius 1 is 1.24 bits per heavy atom. The molecule has 8 nitrogen and oxygen atoms in total. The molecule has 0 aromatic carbocycles. The topological polar surface area (TPSA) is 86.8 Å². The van der Waals surface area contributed by atoms with Crippen LogP contribution in [0.25, 0.3) is 16.6 Å². The highest BCUT2D eigenvalue weighted by Crippen LogP contribution is 2.40. The largest absolute Gasteiger partial charge is 0.492 e. The molecule has 0 N–H and O–H groups in total. The number of nitriles is 1. The summed E-state index contributed by atoms with van der Waals surface area (Å²) in [5, 5.41) is 13.9. The maximum absolute atomic E-state index is 11.9. The van der Waals surface area contributed by atoms with E-state index in [1.165, 1.54) is 0 Å². The van der Waals surface area contributed by atoms with E-state index in [1.807, 2.05) is 30.2 Å². The van der Waals surface area contributed by atoms with Gasteiger partial charge >= 0.3 is 0 Å². The van der Waals surface area contributed by atoms with Gasteiger partial charge in [-0.25, -0.2) is 9.50 Å². The molecule has 9 heteroatoms. The van der Waals surface area contributed by atoms with Crippen molar-refractivity contribution in [3.05, 3.63) is 42.4 Å². The van der Waals surface area contributed by atoms with Gasteiger partial charge in [0.2, 0.25) is 5.91 Å². The molecule has 1 amide bonds. The Morgan fingerprint density at radius 2 is 2.09 bits per heavy atom. The maximum atomic E-state index is 11.9. The number of hydrogen-bond donors (Lipinski definition) is 0. The number of carbonyl (C=O) groups is 1. The molecular formula is C25H30N6O2S. The molecule has 2 aliphatic heterocycles. The number of ether oxygens (including phenoxy) is 1. The van der Waals surface area contributed by atoms with Gasteiger partial charge in [0.1, 0.15) is 17.6 Å². The number of likely N-dealkylation sites (tertiary alicyclic amines) is 1. The summed E-state index contributed by atoms with van der Waals surface area (Å²) in [6, 6.07) is 8.28. The first-order valence-electron chi connectivity index (χ1n) is 11.5. The van der Waals surface area contributed by atoms with Crippen LogP contribution in [0.3, 0.4) is 0 Å². The van der Waals surface area contributed by atoms with Crippen LogP contribution >= 0.6 is 13.5 Å². The highest BCUT2D eigenvalue weighted by Gasteiger charge is 2.42. The Morgan fingerprint density at radius 3 is 2.79 bits per heavy atom. The first kappa shape index (κ1) is 23.9. The van der Waals surface area contributed by atoms with E-state index >= 15 is 0 Å². The molecule has 178 valence electrons. The number of carbonyl (C=O) groups excluding carboxylic acids is 1. The van der Waals surface area contributed by atoms with E-state index < -0.39 is 0 Å². The fourth-order valence-corrected chi connectivity index (χ4v) is 5.32. The molecule has 2 saturated heterocycles. The zero-order valence-corrected chi connectivity index (χ0v) is 20.6. The van der Waals surface area contributed by atoms with E-state index in [0.29, 0.717) is 17.9 Å². The molecule has 2 aliphatic rings. The van der Waals surface area contributed by atoms with Crippen LogP contribution < -0.4 is 9.64 Å². The SMILES string of the molecule is CCOc1cc(-c2ccc(N3CC[C@@]4(CCCN(C(C)=O)C4)C3)nc2)c2c(C#N)cnn2c1.S. The average molecular weight is 479 g/mol. The second-order valence-electron chi connectivity index (χ2n) is 9.11. The third kappa shape index (κ3) is 4.30. The van der Waals surface area contributed by atoms with Crippen LogP contribution in [0.4, 0.5) is 5.82 Å². The van der Waals surface area contributed by atoms with E-state index in [1.54, 1.807) is 23.8 Å². The van der Waals surface area contributed by atoms with Crippen molar-refractivity contribution in [2.24, 2.45) is 5.41 Å². The standard InChI is InChI=1S/C25H28N6O2.H2S/c1-3-33-21-11-22(24-20(12-26)14-28-31(24)15-21)19-5-6-23(27-13-19)30-10-8-25(17-30)7-4-9-29(16-25)18(2)32;/h5-6,11,13-15H,3-4,7-10,16-17H2,1-2H3;1H2/t25-;/m1./s1. The molecule has 0 saturated carbocycles. The lowest BCUT2D eigenvalue weighted by Gasteiger charge is -2.40. The third-order valence-electron chi connectivity index (χ3n) is 6.95. The summed E-state index contributed by atoms with van der Waals surface area (Å²) in [4.78, 5) is 21.0. The lowest BCUT2D eigenvalue weighted by atomic mass is 9.79. The van der Waals surface area contributed by atoms with Crippen LogP contribution in [0.15, 0.2) is 36.8 Å². The minimum absolute atomic E-state index is 0. The highest BCUT2D eigenvalue weighted by molar-refractivity contribution is 7.59. The highest BCUT2D eigenvalue weighted by atomic mass is 32.1. The zero-order valence-electron chi connectivity index (χ0n) is 19.6. The molecule has 0 aliphatic carbocycles. The number of hydrogen-bond acceptors (Lipinski definition) is 6. The molecule has 2 fully saturated rings. The monoisotopic (exact) mass is 478 g/mol. The van der Waals surface area contributed by atoms with E-state index in [9.17, 15) is 10.1 Å². The Labute approximate surface area is 206 Å². The van der Waals surface area contributed by atoms with E-state index in [4.69, 9.17) is 9.72 Å². The number of pyridine rings is 2. The number of nitrogens with zero attached hydrogens (tertiary/aromatic N) is 6. The average Bonchev–Trinajstić information content (AvgIpc) is 3.43. The summed E-state index contributed by atoms with van der Waals surface area (Å²) in [7, 11) is 0. The van der Waals surface area contributed by atoms with Crippen molar-refractivity contribution < 1.29 is 9.53 Å². The Kier molecular flexibility index (Phi) is 6.71. The summed E-state index contributed by atoms with van der Waals surface area (Å²) >= 11 is 0. The molecule has 5 heterocycles. The molecular weight excluding hydrogens is 448 g/mol. The van der Waals surface area contributed by atoms with Crippen LogP contribution in [0.1, 0.15) is 38.7 Å². The molecule has 1 atom stereocenters. The van der Waals surface area contributed by atoms with Gasteiger partial charge in [0.05, 0.1) is 30.1 Å². The molecule has 1 spiro atoms.